The van der Waals surface area contributed by atoms with E-state index in [4.69, 9.17) is 4.74 Å². The number of benzene rings is 2. The maximum Gasteiger partial charge on any atom is 0.251 e. The number of nitrogens with one attached hydrogen (secondary N) is 2. The molecule has 0 aliphatic heterocycles. The van der Waals surface area contributed by atoms with Crippen molar-refractivity contribution in [1.82, 2.24) is 10.0 Å². The van der Waals surface area contributed by atoms with Crippen LogP contribution in [0.3, 0.4) is 0 Å². The van der Waals surface area contributed by atoms with Gasteiger partial charge in [-0.05, 0) is 55.5 Å². The number of amides is 1. The van der Waals surface area contributed by atoms with E-state index in [1.807, 2.05) is 6.92 Å². The molecule has 6 nitrogen and oxygen atoms in total. The van der Waals surface area contributed by atoms with Gasteiger partial charge in [-0.25, -0.2) is 17.5 Å². The second-order valence-electron chi connectivity index (χ2n) is 5.06. The van der Waals surface area contributed by atoms with Crippen LogP contribution < -0.4 is 14.8 Å². The summed E-state index contributed by atoms with van der Waals surface area (Å²) in [6, 6.07) is 11.1. The van der Waals surface area contributed by atoms with Gasteiger partial charge in [-0.2, -0.15) is 0 Å². The minimum Gasteiger partial charge on any atom is -0.494 e. The SMILES string of the molecule is CCOc1ccc(S(=O)(=O)NCCNC(=O)c2ccc(F)cc2)cc1. The zero-order valence-corrected chi connectivity index (χ0v) is 14.5. The molecule has 0 saturated heterocycles. The van der Waals surface area contributed by atoms with Gasteiger partial charge >= 0.3 is 0 Å². The van der Waals surface area contributed by atoms with Gasteiger partial charge in [0.1, 0.15) is 11.6 Å². The average Bonchev–Trinajstić information content (AvgIpc) is 2.60. The highest BCUT2D eigenvalue weighted by Crippen LogP contribution is 2.15. The van der Waals surface area contributed by atoms with Crippen LogP contribution in [0.5, 0.6) is 5.75 Å². The Balaban J connectivity index is 1.83. The van der Waals surface area contributed by atoms with Crippen molar-refractivity contribution in [2.75, 3.05) is 19.7 Å². The Morgan fingerprint density at radius 3 is 2.28 bits per heavy atom. The maximum absolute atomic E-state index is 12.8. The zero-order chi connectivity index (χ0) is 18.3. The summed E-state index contributed by atoms with van der Waals surface area (Å²) in [6.07, 6.45) is 0. The van der Waals surface area contributed by atoms with Crippen molar-refractivity contribution in [1.29, 1.82) is 0 Å². The van der Waals surface area contributed by atoms with E-state index in [0.717, 1.165) is 0 Å². The first kappa shape index (κ1) is 18.9. The number of ether oxygens (including phenoxy) is 1. The third-order valence-electron chi connectivity index (χ3n) is 3.25. The van der Waals surface area contributed by atoms with Crippen LogP contribution in [0.2, 0.25) is 0 Å². The summed E-state index contributed by atoms with van der Waals surface area (Å²) >= 11 is 0. The van der Waals surface area contributed by atoms with Crippen LogP contribution in [-0.2, 0) is 10.0 Å². The Hall–Kier alpha value is -2.45. The van der Waals surface area contributed by atoms with Crippen molar-refractivity contribution < 1.29 is 22.3 Å². The minimum atomic E-state index is -3.67. The first-order chi connectivity index (χ1) is 11.9. The van der Waals surface area contributed by atoms with E-state index in [1.54, 1.807) is 12.1 Å². The molecule has 0 fully saturated rings. The highest BCUT2D eigenvalue weighted by atomic mass is 32.2. The van der Waals surface area contributed by atoms with Crippen molar-refractivity contribution in [2.24, 2.45) is 0 Å². The van der Waals surface area contributed by atoms with E-state index >= 15 is 0 Å². The lowest BCUT2D eigenvalue weighted by atomic mass is 10.2. The van der Waals surface area contributed by atoms with Crippen LogP contribution in [0.25, 0.3) is 0 Å². The third-order valence-corrected chi connectivity index (χ3v) is 4.73. The lowest BCUT2D eigenvalue weighted by molar-refractivity contribution is 0.0954. The Bertz CT molecular complexity index is 806. The monoisotopic (exact) mass is 366 g/mol. The number of halogens is 1. The van der Waals surface area contributed by atoms with E-state index in [2.05, 4.69) is 10.0 Å². The number of carbonyl (C=O) groups is 1. The molecule has 0 aromatic heterocycles. The molecule has 0 bridgehead atoms. The molecule has 134 valence electrons. The summed E-state index contributed by atoms with van der Waals surface area (Å²) in [5.74, 6) is -0.243. The summed E-state index contributed by atoms with van der Waals surface area (Å²) in [5, 5.41) is 2.56. The number of hydrogen-bond donors (Lipinski definition) is 2. The molecule has 0 atom stereocenters. The maximum atomic E-state index is 12.8. The Morgan fingerprint density at radius 2 is 1.68 bits per heavy atom. The van der Waals surface area contributed by atoms with E-state index in [9.17, 15) is 17.6 Å². The van der Waals surface area contributed by atoms with E-state index in [0.29, 0.717) is 17.9 Å². The molecule has 8 heteroatoms. The predicted octanol–water partition coefficient (Wildman–Crippen LogP) is 1.93. The van der Waals surface area contributed by atoms with E-state index in [-0.39, 0.29) is 18.0 Å². The van der Waals surface area contributed by atoms with Crippen molar-refractivity contribution in [3.05, 3.63) is 59.9 Å². The summed E-state index contributed by atoms with van der Waals surface area (Å²) in [6.45, 7) is 2.47. The zero-order valence-electron chi connectivity index (χ0n) is 13.7. The van der Waals surface area contributed by atoms with Crippen LogP contribution in [0.4, 0.5) is 4.39 Å². The summed E-state index contributed by atoms with van der Waals surface area (Å²) < 4.78 is 44.8. The Morgan fingerprint density at radius 1 is 1.04 bits per heavy atom. The van der Waals surface area contributed by atoms with Crippen LogP contribution in [0, 0.1) is 5.82 Å². The molecule has 2 aromatic carbocycles. The molecular formula is C17H19FN2O4S. The van der Waals surface area contributed by atoms with Crippen molar-refractivity contribution in [3.63, 3.8) is 0 Å². The highest BCUT2D eigenvalue weighted by molar-refractivity contribution is 7.89. The number of hydrogen-bond acceptors (Lipinski definition) is 4. The molecular weight excluding hydrogens is 347 g/mol. The van der Waals surface area contributed by atoms with Gasteiger partial charge in [0.2, 0.25) is 10.0 Å². The van der Waals surface area contributed by atoms with Gasteiger partial charge in [-0.3, -0.25) is 4.79 Å². The van der Waals surface area contributed by atoms with E-state index in [1.165, 1.54) is 36.4 Å². The first-order valence-electron chi connectivity index (χ1n) is 7.68. The normalized spacial score (nSPS) is 11.1. The van der Waals surface area contributed by atoms with Gasteiger partial charge < -0.3 is 10.1 Å². The number of carbonyl (C=O) groups excluding carboxylic acids is 1. The predicted molar refractivity (Wildman–Crippen MR) is 91.5 cm³/mol. The number of rotatable bonds is 8. The average molecular weight is 366 g/mol. The quantitative estimate of drug-likeness (QED) is 0.699. The molecule has 25 heavy (non-hydrogen) atoms. The largest absolute Gasteiger partial charge is 0.494 e. The molecule has 0 aliphatic rings. The molecule has 2 aromatic rings. The molecule has 2 rings (SSSR count). The lowest BCUT2D eigenvalue weighted by Crippen LogP contribution is -2.34. The van der Waals surface area contributed by atoms with Crippen molar-refractivity contribution >= 4 is 15.9 Å². The van der Waals surface area contributed by atoms with E-state index < -0.39 is 21.7 Å². The van der Waals surface area contributed by atoms with Gasteiger partial charge in [0.25, 0.3) is 5.91 Å². The molecule has 0 aliphatic carbocycles. The van der Waals surface area contributed by atoms with Crippen LogP contribution >= 0.6 is 0 Å². The topological polar surface area (TPSA) is 84.5 Å². The van der Waals surface area contributed by atoms with Crippen LogP contribution in [-0.4, -0.2) is 34.0 Å². The standard InChI is InChI=1S/C17H19FN2O4S/c1-2-24-15-7-9-16(10-8-15)25(22,23)20-12-11-19-17(21)13-3-5-14(18)6-4-13/h3-10,20H,2,11-12H2,1H3,(H,19,21). The molecule has 0 spiro atoms. The van der Waals surface area contributed by atoms with Gasteiger partial charge in [0.05, 0.1) is 11.5 Å². The second-order valence-corrected chi connectivity index (χ2v) is 6.83. The fourth-order valence-electron chi connectivity index (χ4n) is 2.03. The third kappa shape index (κ3) is 5.54. The Kier molecular flexibility index (Phi) is 6.49. The van der Waals surface area contributed by atoms with Crippen molar-refractivity contribution in [3.8, 4) is 5.75 Å². The molecule has 0 unspecified atom stereocenters. The summed E-state index contributed by atoms with van der Waals surface area (Å²) in [7, 11) is -3.67. The Labute approximate surface area is 146 Å². The van der Waals surface area contributed by atoms with Gasteiger partial charge in [-0.15, -0.1) is 0 Å². The van der Waals surface area contributed by atoms with Crippen molar-refractivity contribution in [2.45, 2.75) is 11.8 Å². The summed E-state index contributed by atoms with van der Waals surface area (Å²) in [4.78, 5) is 11.9. The van der Waals surface area contributed by atoms with Crippen LogP contribution in [0.1, 0.15) is 17.3 Å². The molecule has 1 amide bonds. The molecule has 0 radical (unpaired) electrons. The fourth-order valence-corrected chi connectivity index (χ4v) is 3.06. The molecule has 0 heterocycles. The smallest absolute Gasteiger partial charge is 0.251 e. The minimum absolute atomic E-state index is 0.0302. The highest BCUT2D eigenvalue weighted by Gasteiger charge is 2.13. The van der Waals surface area contributed by atoms with Gasteiger partial charge in [-0.1, -0.05) is 0 Å². The fraction of sp³-hybridized carbons (Fsp3) is 0.235. The number of sulfonamides is 1. The molecule has 2 N–H and O–H groups in total. The van der Waals surface area contributed by atoms with Gasteiger partial charge in [0, 0.05) is 18.7 Å². The second kappa shape index (κ2) is 8.59. The van der Waals surface area contributed by atoms with Gasteiger partial charge in [0.15, 0.2) is 0 Å². The lowest BCUT2D eigenvalue weighted by Gasteiger charge is -2.09. The van der Waals surface area contributed by atoms with Crippen LogP contribution in [0.15, 0.2) is 53.4 Å². The summed E-state index contributed by atoms with van der Waals surface area (Å²) in [5.41, 5.74) is 0.302. The first-order valence-corrected chi connectivity index (χ1v) is 9.17. The molecule has 0 saturated carbocycles.